The molecule has 3 heteroatoms. The minimum atomic E-state index is -0.472. The van der Waals surface area contributed by atoms with Crippen LogP contribution >= 0.6 is 11.3 Å². The largest absolute Gasteiger partial charge is 0.310 e. The zero-order valence-corrected chi connectivity index (χ0v) is 32.9. The Kier molecular flexibility index (Phi) is 7.66. The maximum Gasteiger partial charge on any atom is 0.0801 e. The molecule has 0 unspecified atom stereocenters. The number of thiophene rings is 1. The maximum atomic E-state index is 4.99. The van der Waals surface area contributed by atoms with Gasteiger partial charge in [0, 0.05) is 48.5 Å². The number of rotatable bonds is 6. The predicted octanol–water partition coefficient (Wildman–Crippen LogP) is 15.3. The van der Waals surface area contributed by atoms with E-state index in [1.807, 2.05) is 17.5 Å². The molecule has 0 amide bonds. The van der Waals surface area contributed by atoms with Crippen molar-refractivity contribution in [3.63, 3.8) is 0 Å². The molecule has 0 N–H and O–H groups in total. The van der Waals surface area contributed by atoms with Crippen molar-refractivity contribution >= 4 is 70.2 Å². The van der Waals surface area contributed by atoms with Gasteiger partial charge in [0.25, 0.3) is 0 Å². The summed E-state index contributed by atoms with van der Waals surface area (Å²) >= 11 is 1.87. The van der Waals surface area contributed by atoms with Gasteiger partial charge in [0.2, 0.25) is 0 Å². The standard InChI is InChI=1S/C56H36N2S/c1-2-17-39(18-3-1)56(50-27-9-6-21-45(50)46-22-7-10-28-51(46)56)40-30-32-41(33-31-40)58(52-36-38-15-4-5-20-43(38)54-49(52)26-14-34-57-54)42-19-12-16-37(35-42)44-24-13-25-48-47-23-8-11-29-53(47)59-55(44)48/h1-36H. The van der Waals surface area contributed by atoms with E-state index in [0.29, 0.717) is 0 Å². The Morgan fingerprint density at radius 1 is 0.424 bits per heavy atom. The maximum absolute atomic E-state index is 4.99. The van der Waals surface area contributed by atoms with Crippen molar-refractivity contribution in [2.24, 2.45) is 0 Å². The third-order valence-electron chi connectivity index (χ3n) is 12.4. The van der Waals surface area contributed by atoms with Gasteiger partial charge >= 0.3 is 0 Å². The molecule has 0 atom stereocenters. The number of hydrogen-bond donors (Lipinski definition) is 0. The molecule has 0 spiro atoms. The van der Waals surface area contributed by atoms with Gasteiger partial charge in [0.1, 0.15) is 0 Å². The Bertz CT molecular complexity index is 3350. The summed E-state index contributed by atoms with van der Waals surface area (Å²) in [6.45, 7) is 0. The van der Waals surface area contributed by atoms with Crippen molar-refractivity contribution in [2.75, 3.05) is 4.90 Å². The number of aromatic nitrogens is 1. The van der Waals surface area contributed by atoms with E-state index in [1.54, 1.807) is 0 Å². The molecule has 0 radical (unpaired) electrons. The van der Waals surface area contributed by atoms with Crippen LogP contribution in [-0.2, 0) is 5.41 Å². The van der Waals surface area contributed by atoms with Crippen molar-refractivity contribution in [2.45, 2.75) is 5.41 Å². The molecule has 59 heavy (non-hydrogen) atoms. The Labute approximate surface area is 346 Å². The first-order chi connectivity index (χ1) is 29.3. The first kappa shape index (κ1) is 33.8. The molecule has 0 saturated heterocycles. The second-order valence-electron chi connectivity index (χ2n) is 15.4. The highest BCUT2D eigenvalue weighted by Crippen LogP contribution is 2.56. The Balaban J connectivity index is 1.09. The van der Waals surface area contributed by atoms with E-state index in [9.17, 15) is 0 Å². The molecule has 2 aromatic heterocycles. The van der Waals surface area contributed by atoms with Crippen LogP contribution in [0.5, 0.6) is 0 Å². The SMILES string of the molecule is c1ccc(C2(c3ccc(N(c4cccc(-c5cccc6c5sc5ccccc56)c4)c4cc5ccccc5c5ncccc45)cc3)c3ccccc3-c3ccccc32)cc1. The van der Waals surface area contributed by atoms with Crippen LogP contribution in [-0.4, -0.2) is 4.98 Å². The average molecular weight is 769 g/mol. The molecule has 276 valence electrons. The van der Waals surface area contributed by atoms with Gasteiger partial charge in [-0.1, -0.05) is 164 Å². The van der Waals surface area contributed by atoms with Gasteiger partial charge < -0.3 is 4.90 Å². The zero-order valence-electron chi connectivity index (χ0n) is 32.1. The lowest BCUT2D eigenvalue weighted by Crippen LogP contribution is -2.28. The molecule has 0 fully saturated rings. The van der Waals surface area contributed by atoms with Crippen LogP contribution in [0.25, 0.3) is 64.1 Å². The molecular weight excluding hydrogens is 733 g/mol. The first-order valence-electron chi connectivity index (χ1n) is 20.2. The molecule has 9 aromatic carbocycles. The van der Waals surface area contributed by atoms with Crippen LogP contribution in [0, 0.1) is 0 Å². The lowest BCUT2D eigenvalue weighted by molar-refractivity contribution is 0.768. The monoisotopic (exact) mass is 768 g/mol. The third-order valence-corrected chi connectivity index (χ3v) is 13.6. The fourth-order valence-corrected chi connectivity index (χ4v) is 11.1. The zero-order chi connectivity index (χ0) is 38.9. The number of benzene rings is 9. The Morgan fingerprint density at radius 3 is 1.86 bits per heavy atom. The normalized spacial score (nSPS) is 12.9. The highest BCUT2D eigenvalue weighted by Gasteiger charge is 2.45. The molecule has 12 rings (SSSR count). The summed E-state index contributed by atoms with van der Waals surface area (Å²) in [5.41, 5.74) is 13.9. The minimum Gasteiger partial charge on any atom is -0.310 e. The number of fused-ring (bicyclic) bond motifs is 9. The van der Waals surface area contributed by atoms with E-state index in [0.717, 1.165) is 38.7 Å². The van der Waals surface area contributed by atoms with Crippen LogP contribution in [0.4, 0.5) is 17.1 Å². The van der Waals surface area contributed by atoms with E-state index in [-0.39, 0.29) is 0 Å². The number of anilines is 3. The molecule has 2 nitrogen and oxygen atoms in total. The fourth-order valence-electron chi connectivity index (χ4n) is 9.86. The number of nitrogens with zero attached hydrogens (tertiary/aromatic N) is 2. The Hall–Kier alpha value is -7.33. The van der Waals surface area contributed by atoms with Crippen LogP contribution in [0.15, 0.2) is 219 Å². The predicted molar refractivity (Wildman–Crippen MR) is 250 cm³/mol. The van der Waals surface area contributed by atoms with E-state index in [4.69, 9.17) is 4.98 Å². The van der Waals surface area contributed by atoms with Crippen molar-refractivity contribution in [1.82, 2.24) is 4.98 Å². The molecule has 11 aromatic rings. The first-order valence-corrected chi connectivity index (χ1v) is 21.0. The highest BCUT2D eigenvalue weighted by atomic mass is 32.1. The fraction of sp³-hybridized carbons (Fsp3) is 0.0179. The van der Waals surface area contributed by atoms with Gasteiger partial charge in [-0.15, -0.1) is 11.3 Å². The molecule has 1 aliphatic carbocycles. The van der Waals surface area contributed by atoms with E-state index >= 15 is 0 Å². The van der Waals surface area contributed by atoms with Gasteiger partial charge in [-0.3, -0.25) is 4.98 Å². The molecule has 1 aliphatic rings. The summed E-state index contributed by atoms with van der Waals surface area (Å²) in [4.78, 5) is 7.42. The van der Waals surface area contributed by atoms with E-state index in [2.05, 4.69) is 217 Å². The number of hydrogen-bond acceptors (Lipinski definition) is 3. The topological polar surface area (TPSA) is 16.1 Å². The van der Waals surface area contributed by atoms with E-state index < -0.39 is 5.41 Å². The van der Waals surface area contributed by atoms with Crippen LogP contribution in [0.3, 0.4) is 0 Å². The summed E-state index contributed by atoms with van der Waals surface area (Å²) in [6.07, 6.45) is 1.91. The smallest absolute Gasteiger partial charge is 0.0801 e. The third kappa shape index (κ3) is 5.08. The van der Waals surface area contributed by atoms with Crippen LogP contribution in [0.1, 0.15) is 22.3 Å². The number of pyridine rings is 1. The Morgan fingerprint density at radius 2 is 1.05 bits per heavy atom. The molecule has 0 bridgehead atoms. The van der Waals surface area contributed by atoms with Crippen molar-refractivity contribution in [3.05, 3.63) is 241 Å². The van der Waals surface area contributed by atoms with Crippen molar-refractivity contribution in [1.29, 1.82) is 0 Å². The molecule has 2 heterocycles. The second-order valence-corrected chi connectivity index (χ2v) is 16.5. The molecule has 0 saturated carbocycles. The second kappa shape index (κ2) is 13.4. The van der Waals surface area contributed by atoms with Gasteiger partial charge in [-0.05, 0) is 98.4 Å². The molecular formula is C56H36N2S. The lowest BCUT2D eigenvalue weighted by Gasteiger charge is -2.34. The van der Waals surface area contributed by atoms with Gasteiger partial charge in [0.05, 0.1) is 16.6 Å². The lowest BCUT2D eigenvalue weighted by atomic mass is 9.68. The van der Waals surface area contributed by atoms with Crippen molar-refractivity contribution < 1.29 is 0 Å². The summed E-state index contributed by atoms with van der Waals surface area (Å²) in [6, 6.07) is 78.0. The van der Waals surface area contributed by atoms with Gasteiger partial charge in [-0.2, -0.15) is 0 Å². The van der Waals surface area contributed by atoms with Gasteiger partial charge in [0.15, 0.2) is 0 Å². The summed E-state index contributed by atoms with van der Waals surface area (Å²) in [5.74, 6) is 0. The highest BCUT2D eigenvalue weighted by molar-refractivity contribution is 7.26. The quantitative estimate of drug-likeness (QED) is 0.157. The summed E-state index contributed by atoms with van der Waals surface area (Å²) in [5, 5.41) is 6.02. The van der Waals surface area contributed by atoms with Crippen molar-refractivity contribution in [3.8, 4) is 22.3 Å². The molecule has 0 aliphatic heterocycles. The summed E-state index contributed by atoms with van der Waals surface area (Å²) in [7, 11) is 0. The van der Waals surface area contributed by atoms with E-state index in [1.165, 1.54) is 64.7 Å². The van der Waals surface area contributed by atoms with Crippen LogP contribution < -0.4 is 4.90 Å². The van der Waals surface area contributed by atoms with Crippen LogP contribution in [0.2, 0.25) is 0 Å². The average Bonchev–Trinajstić information content (AvgIpc) is 3.84. The van der Waals surface area contributed by atoms with Gasteiger partial charge in [-0.25, -0.2) is 0 Å². The summed E-state index contributed by atoms with van der Waals surface area (Å²) < 4.78 is 2.62. The minimum absolute atomic E-state index is 0.472.